The summed E-state index contributed by atoms with van der Waals surface area (Å²) >= 11 is 0. The first-order valence-corrected chi connectivity index (χ1v) is 11.6. The predicted molar refractivity (Wildman–Crippen MR) is 127 cm³/mol. The van der Waals surface area contributed by atoms with Crippen LogP contribution in [0.1, 0.15) is 53.7 Å². The lowest BCUT2D eigenvalue weighted by Crippen LogP contribution is -2.41. The van der Waals surface area contributed by atoms with E-state index >= 15 is 0 Å². The van der Waals surface area contributed by atoms with Crippen molar-refractivity contribution in [3.63, 3.8) is 0 Å². The average Bonchev–Trinajstić information content (AvgIpc) is 3.49. The number of fused-ring (bicyclic) bond motifs is 1. The molecule has 170 valence electrons. The second-order valence-electron chi connectivity index (χ2n) is 8.99. The summed E-state index contributed by atoms with van der Waals surface area (Å²) in [5.41, 5.74) is 5.64. The van der Waals surface area contributed by atoms with Crippen molar-refractivity contribution in [2.75, 3.05) is 0 Å². The van der Waals surface area contributed by atoms with Crippen LogP contribution in [0.4, 0.5) is 0 Å². The molecule has 1 atom stereocenters. The van der Waals surface area contributed by atoms with Gasteiger partial charge in [-0.2, -0.15) is 10.2 Å². The Labute approximate surface area is 193 Å². The molecule has 0 bridgehead atoms. The minimum Gasteiger partial charge on any atom is -0.373 e. The molecule has 0 saturated heterocycles. The largest absolute Gasteiger partial charge is 0.373 e. The van der Waals surface area contributed by atoms with E-state index in [9.17, 15) is 9.90 Å². The van der Waals surface area contributed by atoms with E-state index in [1.807, 2.05) is 43.8 Å². The fraction of sp³-hybridized carbons (Fsp3) is 0.346. The normalized spacial score (nSPS) is 15.6. The first kappa shape index (κ1) is 21.4. The number of aryl methyl sites for hydroxylation is 1. The summed E-state index contributed by atoms with van der Waals surface area (Å²) in [4.78, 5) is 12.9. The molecule has 7 nitrogen and oxygen atoms in total. The van der Waals surface area contributed by atoms with Gasteiger partial charge in [0.1, 0.15) is 11.9 Å². The third-order valence-electron chi connectivity index (χ3n) is 6.58. The van der Waals surface area contributed by atoms with Gasteiger partial charge in [0.2, 0.25) is 0 Å². The first-order chi connectivity index (χ1) is 16.1. The summed E-state index contributed by atoms with van der Waals surface area (Å²) in [7, 11) is 1.91. The molecule has 7 heteroatoms. The van der Waals surface area contributed by atoms with Crippen LogP contribution >= 0.6 is 0 Å². The minimum absolute atomic E-state index is 0.121. The summed E-state index contributed by atoms with van der Waals surface area (Å²) in [6.45, 7) is 0. The van der Waals surface area contributed by atoms with E-state index < -0.39 is 6.23 Å². The Hall–Kier alpha value is -3.45. The van der Waals surface area contributed by atoms with Gasteiger partial charge in [0.25, 0.3) is 5.91 Å². The lowest BCUT2D eigenvalue weighted by atomic mass is 9.88. The molecule has 1 amide bonds. The SMILES string of the molecule is Cn1cc(-c2ccc(Cc3cc(C(=O)NC(O)C4CCCCC4)nn4cccc34)cc2)cn1. The molecule has 2 N–H and O–H groups in total. The number of amides is 1. The highest BCUT2D eigenvalue weighted by Crippen LogP contribution is 2.26. The molecule has 1 aromatic carbocycles. The van der Waals surface area contributed by atoms with Gasteiger partial charge in [-0.15, -0.1) is 0 Å². The van der Waals surface area contributed by atoms with Crippen LogP contribution in [0.25, 0.3) is 16.6 Å². The number of hydrogen-bond acceptors (Lipinski definition) is 4. The predicted octanol–water partition coefficient (Wildman–Crippen LogP) is 3.95. The van der Waals surface area contributed by atoms with Crippen molar-refractivity contribution in [3.8, 4) is 11.1 Å². The Bertz CT molecular complexity index is 1250. The second kappa shape index (κ2) is 9.19. The third kappa shape index (κ3) is 4.68. The van der Waals surface area contributed by atoms with Gasteiger partial charge in [0.05, 0.1) is 11.7 Å². The number of carbonyl (C=O) groups excluding carboxylic acids is 1. The van der Waals surface area contributed by atoms with E-state index in [2.05, 4.69) is 39.8 Å². The zero-order valence-electron chi connectivity index (χ0n) is 18.8. The van der Waals surface area contributed by atoms with Crippen LogP contribution in [0.15, 0.2) is 61.1 Å². The van der Waals surface area contributed by atoms with Crippen LogP contribution in [-0.2, 0) is 13.5 Å². The highest BCUT2D eigenvalue weighted by Gasteiger charge is 2.24. The first-order valence-electron chi connectivity index (χ1n) is 11.6. The van der Waals surface area contributed by atoms with E-state index in [1.54, 1.807) is 9.20 Å². The zero-order chi connectivity index (χ0) is 22.8. The number of carbonyl (C=O) groups is 1. The lowest BCUT2D eigenvalue weighted by molar-refractivity contribution is 0.0460. The van der Waals surface area contributed by atoms with E-state index in [0.717, 1.165) is 53.5 Å². The van der Waals surface area contributed by atoms with Gasteiger partial charge in [-0.05, 0) is 54.2 Å². The van der Waals surface area contributed by atoms with Crippen molar-refractivity contribution in [2.24, 2.45) is 13.0 Å². The van der Waals surface area contributed by atoms with Gasteiger partial charge in [-0.1, -0.05) is 43.5 Å². The fourth-order valence-electron chi connectivity index (χ4n) is 4.73. The highest BCUT2D eigenvalue weighted by atomic mass is 16.3. The number of aromatic nitrogens is 4. The summed E-state index contributed by atoms with van der Waals surface area (Å²) in [5.74, 6) is -0.215. The summed E-state index contributed by atoms with van der Waals surface area (Å²) in [6.07, 6.45) is 10.9. The van der Waals surface area contributed by atoms with Crippen LogP contribution in [-0.4, -0.2) is 36.6 Å². The zero-order valence-corrected chi connectivity index (χ0v) is 18.8. The molecule has 4 aromatic rings. The van der Waals surface area contributed by atoms with Gasteiger partial charge in [0, 0.05) is 30.9 Å². The highest BCUT2D eigenvalue weighted by molar-refractivity contribution is 5.93. The maximum atomic E-state index is 12.9. The number of aliphatic hydroxyl groups is 1. The number of nitrogens with one attached hydrogen (secondary N) is 1. The summed E-state index contributed by atoms with van der Waals surface area (Å²) < 4.78 is 3.53. The molecule has 5 rings (SSSR count). The second-order valence-corrected chi connectivity index (χ2v) is 8.99. The van der Waals surface area contributed by atoms with E-state index in [0.29, 0.717) is 12.1 Å². The molecule has 3 aromatic heterocycles. The average molecular weight is 444 g/mol. The molecule has 1 saturated carbocycles. The van der Waals surface area contributed by atoms with Gasteiger partial charge in [0.15, 0.2) is 0 Å². The number of aliphatic hydroxyl groups excluding tert-OH is 1. The summed E-state index contributed by atoms with van der Waals surface area (Å²) in [5, 5.41) is 22.0. The molecular formula is C26H29N5O2. The molecule has 1 aliphatic rings. The molecule has 1 fully saturated rings. The van der Waals surface area contributed by atoms with E-state index in [1.165, 1.54) is 6.42 Å². The van der Waals surface area contributed by atoms with Crippen molar-refractivity contribution in [3.05, 3.63) is 77.9 Å². The van der Waals surface area contributed by atoms with Crippen LogP contribution in [0, 0.1) is 5.92 Å². The standard InChI is InChI=1S/C26H29N5O2/c1-30-17-22(16-27-30)19-11-9-18(10-12-19)14-21-15-23(29-31-13-5-8-24(21)31)26(33)28-25(32)20-6-3-2-4-7-20/h5,8-13,15-17,20,25,32H,2-4,6-7,14H2,1H3,(H,28,33). The number of hydrogen-bond donors (Lipinski definition) is 2. The van der Waals surface area contributed by atoms with Crippen molar-refractivity contribution < 1.29 is 9.90 Å². The number of nitrogens with zero attached hydrogens (tertiary/aromatic N) is 4. The van der Waals surface area contributed by atoms with Crippen molar-refractivity contribution in [2.45, 2.75) is 44.8 Å². The van der Waals surface area contributed by atoms with Crippen molar-refractivity contribution >= 4 is 11.4 Å². The summed E-state index contributed by atoms with van der Waals surface area (Å²) in [6, 6.07) is 14.2. The molecular weight excluding hydrogens is 414 g/mol. The molecule has 33 heavy (non-hydrogen) atoms. The van der Waals surface area contributed by atoms with Gasteiger partial charge < -0.3 is 10.4 Å². The maximum absolute atomic E-state index is 12.9. The minimum atomic E-state index is -0.830. The Morgan fingerprint density at radius 3 is 2.67 bits per heavy atom. The van der Waals surface area contributed by atoms with Gasteiger partial charge in [-0.3, -0.25) is 9.48 Å². The quantitative estimate of drug-likeness (QED) is 0.442. The molecule has 0 spiro atoms. The molecule has 0 radical (unpaired) electrons. The molecule has 0 aliphatic heterocycles. The number of benzene rings is 1. The Morgan fingerprint density at radius 1 is 1.15 bits per heavy atom. The molecule has 1 unspecified atom stereocenters. The van der Waals surface area contributed by atoms with E-state index in [-0.39, 0.29) is 11.8 Å². The van der Waals surface area contributed by atoms with Crippen LogP contribution in [0.5, 0.6) is 0 Å². The van der Waals surface area contributed by atoms with Gasteiger partial charge in [-0.25, -0.2) is 4.52 Å². The Balaban J connectivity index is 1.36. The monoisotopic (exact) mass is 443 g/mol. The van der Waals surface area contributed by atoms with Gasteiger partial charge >= 0.3 is 0 Å². The maximum Gasteiger partial charge on any atom is 0.273 e. The third-order valence-corrected chi connectivity index (χ3v) is 6.58. The fourth-order valence-corrected chi connectivity index (χ4v) is 4.73. The van der Waals surface area contributed by atoms with Crippen LogP contribution in [0.2, 0.25) is 0 Å². The molecule has 1 aliphatic carbocycles. The Morgan fingerprint density at radius 2 is 1.94 bits per heavy atom. The Kier molecular flexibility index (Phi) is 5.96. The topological polar surface area (TPSA) is 84.5 Å². The molecule has 3 heterocycles. The van der Waals surface area contributed by atoms with Crippen molar-refractivity contribution in [1.82, 2.24) is 24.7 Å². The van der Waals surface area contributed by atoms with Crippen molar-refractivity contribution in [1.29, 1.82) is 0 Å². The van der Waals surface area contributed by atoms with E-state index in [4.69, 9.17) is 0 Å². The smallest absolute Gasteiger partial charge is 0.273 e. The van der Waals surface area contributed by atoms with Crippen LogP contribution < -0.4 is 5.32 Å². The number of rotatable bonds is 6. The lowest BCUT2D eigenvalue weighted by Gasteiger charge is -2.26. The van der Waals surface area contributed by atoms with Crippen LogP contribution in [0.3, 0.4) is 0 Å².